The highest BCUT2D eigenvalue weighted by molar-refractivity contribution is 5.67. The summed E-state index contributed by atoms with van der Waals surface area (Å²) in [5.74, 6) is -2.50. The number of quaternary nitrogens is 1. The van der Waals surface area contributed by atoms with Gasteiger partial charge in [-0.1, -0.05) is 70.4 Å². The van der Waals surface area contributed by atoms with Gasteiger partial charge in [0.15, 0.2) is 0 Å². The molecule has 0 aromatic heterocycles. The molecule has 0 bridgehead atoms. The van der Waals surface area contributed by atoms with Gasteiger partial charge in [-0.3, -0.25) is 14.4 Å². The lowest BCUT2D eigenvalue weighted by Crippen LogP contribution is -2.51. The largest absolute Gasteiger partial charge is 0.481 e. The van der Waals surface area contributed by atoms with Crippen LogP contribution in [0.4, 0.5) is 0 Å². The van der Waals surface area contributed by atoms with Gasteiger partial charge in [-0.2, -0.15) is 0 Å². The summed E-state index contributed by atoms with van der Waals surface area (Å²) in [5.41, 5.74) is 0. The predicted octanol–water partition coefficient (Wildman–Crippen LogP) is 6.65. The Balaban J connectivity index is 4.47. The van der Waals surface area contributed by atoms with Gasteiger partial charge in [-0.15, -0.1) is 0 Å². The molecule has 0 rings (SSSR count). The molecule has 7 nitrogen and oxygen atoms in total. The fourth-order valence-corrected chi connectivity index (χ4v) is 4.72. The van der Waals surface area contributed by atoms with Gasteiger partial charge in [0.05, 0.1) is 45.4 Å². The number of rotatable bonds is 26. The minimum atomic E-state index is -0.835. The molecule has 35 heavy (non-hydrogen) atoms. The molecule has 0 amide bonds. The zero-order valence-electron chi connectivity index (χ0n) is 22.2. The van der Waals surface area contributed by atoms with E-state index in [0.29, 0.717) is 43.4 Å². The van der Waals surface area contributed by atoms with E-state index in [-0.39, 0.29) is 19.3 Å². The first-order chi connectivity index (χ1) is 16.8. The normalized spacial score (nSPS) is 11.8. The number of hydrogen-bond donors (Lipinski definition) is 3. The second kappa shape index (κ2) is 22.6. The summed E-state index contributed by atoms with van der Waals surface area (Å²) in [6, 6.07) is 0. The Morgan fingerprint density at radius 2 is 0.857 bits per heavy atom. The third-order valence-electron chi connectivity index (χ3n) is 6.71. The van der Waals surface area contributed by atoms with Gasteiger partial charge in [-0.05, 0) is 19.3 Å². The van der Waals surface area contributed by atoms with Gasteiger partial charge in [0.2, 0.25) is 0 Å². The van der Waals surface area contributed by atoms with Crippen molar-refractivity contribution in [2.45, 2.75) is 122 Å². The fraction of sp³-hybridized carbons (Fsp3) is 0.821. The maximum absolute atomic E-state index is 11.0. The average molecular weight is 499 g/mol. The van der Waals surface area contributed by atoms with Crippen LogP contribution in [0.15, 0.2) is 12.2 Å². The molecular weight excluding hydrogens is 446 g/mol. The zero-order valence-corrected chi connectivity index (χ0v) is 22.2. The molecule has 0 aliphatic rings. The molecule has 0 unspecified atom stereocenters. The lowest BCUT2D eigenvalue weighted by atomic mass is 10.1. The fourth-order valence-electron chi connectivity index (χ4n) is 4.72. The molecule has 0 atom stereocenters. The lowest BCUT2D eigenvalue weighted by molar-refractivity contribution is -0.928. The highest BCUT2D eigenvalue weighted by Crippen LogP contribution is 2.17. The van der Waals surface area contributed by atoms with E-state index in [9.17, 15) is 14.4 Å². The molecule has 0 fully saturated rings. The molecule has 0 aromatic rings. The topological polar surface area (TPSA) is 112 Å². The van der Waals surface area contributed by atoms with E-state index in [0.717, 1.165) is 25.8 Å². The Hall–Kier alpha value is -1.89. The summed E-state index contributed by atoms with van der Waals surface area (Å²) < 4.78 is 0.611. The maximum atomic E-state index is 11.0. The first kappa shape index (κ1) is 33.1. The van der Waals surface area contributed by atoms with Crippen molar-refractivity contribution in [1.82, 2.24) is 0 Å². The van der Waals surface area contributed by atoms with Gasteiger partial charge < -0.3 is 19.8 Å². The van der Waals surface area contributed by atoms with Crippen LogP contribution in [0.3, 0.4) is 0 Å². The van der Waals surface area contributed by atoms with Crippen molar-refractivity contribution in [3.05, 3.63) is 12.2 Å². The van der Waals surface area contributed by atoms with Crippen molar-refractivity contribution in [3.8, 4) is 0 Å². The molecule has 0 aliphatic heterocycles. The van der Waals surface area contributed by atoms with Crippen molar-refractivity contribution < 1.29 is 34.2 Å². The number of carboxylic acid groups (broad SMARTS) is 3. The van der Waals surface area contributed by atoms with E-state index in [1.807, 2.05) is 0 Å². The van der Waals surface area contributed by atoms with Gasteiger partial charge >= 0.3 is 17.9 Å². The summed E-state index contributed by atoms with van der Waals surface area (Å²) in [7, 11) is 0. The molecular formula is C28H52NO6+. The molecule has 0 radical (unpaired) electrons. The molecule has 0 heterocycles. The maximum Gasteiger partial charge on any atom is 0.303 e. The highest BCUT2D eigenvalue weighted by Gasteiger charge is 2.27. The Kier molecular flexibility index (Phi) is 21.3. The van der Waals surface area contributed by atoms with Crippen LogP contribution < -0.4 is 0 Å². The zero-order chi connectivity index (χ0) is 26.2. The summed E-state index contributed by atoms with van der Waals surface area (Å²) in [4.78, 5) is 33.1. The smallest absolute Gasteiger partial charge is 0.303 e. The van der Waals surface area contributed by atoms with Gasteiger partial charge in [0, 0.05) is 25.7 Å². The number of unbranched alkanes of at least 4 members (excludes halogenated alkanes) is 10. The highest BCUT2D eigenvalue weighted by atomic mass is 16.4. The van der Waals surface area contributed by atoms with E-state index in [1.54, 1.807) is 0 Å². The lowest BCUT2D eigenvalue weighted by Gasteiger charge is -2.39. The van der Waals surface area contributed by atoms with Crippen LogP contribution in [0.1, 0.15) is 122 Å². The number of aliphatic carboxylic acids is 3. The standard InChI is InChI=1S/C28H51NO6/c1-2-3-4-5-6-7-8-9-10-11-12-13-14-15-22-29(23-16-19-26(30)31,24-17-20-27(32)33)25-18-21-28(34)35/h12-13H,2-11,14-25H2,1H3,(H2-,30,31,32,33,34,35)/p+1/b13-12+. The van der Waals surface area contributed by atoms with Crippen LogP contribution in [0.25, 0.3) is 0 Å². The molecule has 0 spiro atoms. The van der Waals surface area contributed by atoms with Crippen molar-refractivity contribution in [2.75, 3.05) is 26.2 Å². The average Bonchev–Trinajstić information content (AvgIpc) is 2.78. The summed E-state index contributed by atoms with van der Waals surface area (Å²) >= 11 is 0. The summed E-state index contributed by atoms with van der Waals surface area (Å²) in [6.07, 6.45) is 21.2. The van der Waals surface area contributed by atoms with Crippen molar-refractivity contribution in [2.24, 2.45) is 0 Å². The minimum Gasteiger partial charge on any atom is -0.481 e. The third-order valence-corrected chi connectivity index (χ3v) is 6.71. The van der Waals surface area contributed by atoms with E-state index < -0.39 is 17.9 Å². The number of carboxylic acids is 3. The number of allylic oxidation sites excluding steroid dienone is 2. The quantitative estimate of drug-likeness (QED) is 0.0699. The molecule has 3 N–H and O–H groups in total. The molecule has 0 aliphatic carbocycles. The Morgan fingerprint density at radius 1 is 0.514 bits per heavy atom. The summed E-state index contributed by atoms with van der Waals surface area (Å²) in [6.45, 7) is 5.01. The van der Waals surface area contributed by atoms with E-state index in [4.69, 9.17) is 15.3 Å². The molecule has 0 saturated heterocycles. The predicted molar refractivity (Wildman–Crippen MR) is 141 cm³/mol. The Bertz CT molecular complexity index is 540. The van der Waals surface area contributed by atoms with Gasteiger partial charge in [0.25, 0.3) is 0 Å². The van der Waals surface area contributed by atoms with Crippen molar-refractivity contribution in [3.63, 3.8) is 0 Å². The van der Waals surface area contributed by atoms with E-state index in [1.165, 1.54) is 57.8 Å². The number of nitrogens with zero attached hydrogens (tertiary/aromatic N) is 1. The second-order valence-corrected chi connectivity index (χ2v) is 9.96. The van der Waals surface area contributed by atoms with E-state index >= 15 is 0 Å². The van der Waals surface area contributed by atoms with Crippen molar-refractivity contribution >= 4 is 17.9 Å². The SMILES string of the molecule is CCCCCCCCCCC/C=C/CCC[N+](CCCC(=O)O)(CCCC(=O)O)CCCC(=O)O. The Morgan fingerprint density at radius 3 is 1.26 bits per heavy atom. The third kappa shape index (κ3) is 22.3. The Labute approximate surface area is 213 Å². The van der Waals surface area contributed by atoms with Crippen LogP contribution >= 0.6 is 0 Å². The first-order valence-corrected chi connectivity index (χ1v) is 14.0. The first-order valence-electron chi connectivity index (χ1n) is 14.0. The van der Waals surface area contributed by atoms with Gasteiger partial charge in [-0.25, -0.2) is 0 Å². The molecule has 0 saturated carbocycles. The van der Waals surface area contributed by atoms with E-state index in [2.05, 4.69) is 19.1 Å². The minimum absolute atomic E-state index is 0.0799. The van der Waals surface area contributed by atoms with Crippen molar-refractivity contribution in [1.29, 1.82) is 0 Å². The van der Waals surface area contributed by atoms with Crippen LogP contribution in [0.5, 0.6) is 0 Å². The molecule has 204 valence electrons. The second-order valence-electron chi connectivity index (χ2n) is 9.96. The van der Waals surface area contributed by atoms with Crippen LogP contribution in [0, 0.1) is 0 Å². The van der Waals surface area contributed by atoms with Crippen LogP contribution in [0.2, 0.25) is 0 Å². The number of carbonyl (C=O) groups is 3. The van der Waals surface area contributed by atoms with Crippen LogP contribution in [-0.2, 0) is 14.4 Å². The van der Waals surface area contributed by atoms with Crippen LogP contribution in [-0.4, -0.2) is 63.9 Å². The summed E-state index contributed by atoms with van der Waals surface area (Å²) in [5, 5.41) is 27.1. The molecule has 7 heteroatoms. The number of hydrogen-bond acceptors (Lipinski definition) is 3. The molecule has 0 aromatic carbocycles. The van der Waals surface area contributed by atoms with Gasteiger partial charge in [0.1, 0.15) is 0 Å². The monoisotopic (exact) mass is 498 g/mol.